The zero-order valence-electron chi connectivity index (χ0n) is 10.6. The molecular formula is C14H11N3O3. The van der Waals surface area contributed by atoms with Crippen molar-refractivity contribution in [1.82, 2.24) is 15.0 Å². The minimum Gasteiger partial charge on any atom is -0.465 e. The molecule has 0 saturated carbocycles. The number of nitrogens with one attached hydrogen (secondary N) is 2. The first-order valence-corrected chi connectivity index (χ1v) is 5.95. The van der Waals surface area contributed by atoms with E-state index >= 15 is 0 Å². The summed E-state index contributed by atoms with van der Waals surface area (Å²) >= 11 is 0. The van der Waals surface area contributed by atoms with Gasteiger partial charge in [-0.15, -0.1) is 0 Å². The van der Waals surface area contributed by atoms with E-state index in [1.54, 1.807) is 24.4 Å². The number of nitrogens with zero attached hydrogens (tertiary/aromatic N) is 1. The van der Waals surface area contributed by atoms with Crippen LogP contribution >= 0.6 is 0 Å². The molecule has 0 amide bonds. The van der Waals surface area contributed by atoms with Crippen LogP contribution in [0.5, 0.6) is 0 Å². The lowest BCUT2D eigenvalue weighted by molar-refractivity contribution is 0.0603. The van der Waals surface area contributed by atoms with Crippen molar-refractivity contribution in [2.45, 2.75) is 0 Å². The second-order valence-corrected chi connectivity index (χ2v) is 4.22. The van der Waals surface area contributed by atoms with Gasteiger partial charge in [0.1, 0.15) is 11.3 Å². The Morgan fingerprint density at radius 1 is 1.25 bits per heavy atom. The Balaban J connectivity index is 2.18. The quantitative estimate of drug-likeness (QED) is 0.693. The molecule has 20 heavy (non-hydrogen) atoms. The molecule has 6 nitrogen and oxygen atoms in total. The monoisotopic (exact) mass is 269 g/mol. The maximum Gasteiger partial charge on any atom is 0.340 e. The van der Waals surface area contributed by atoms with Crippen LogP contribution in [0.4, 0.5) is 0 Å². The number of fused-ring (bicyclic) bond motifs is 1. The van der Waals surface area contributed by atoms with Crippen molar-refractivity contribution in [3.05, 3.63) is 52.4 Å². The van der Waals surface area contributed by atoms with Crippen LogP contribution in [0, 0.1) is 0 Å². The Hall–Kier alpha value is -2.89. The normalized spacial score (nSPS) is 10.7. The predicted molar refractivity (Wildman–Crippen MR) is 73.5 cm³/mol. The molecule has 3 rings (SSSR count). The number of pyridine rings is 1. The Morgan fingerprint density at radius 3 is 2.80 bits per heavy atom. The molecule has 0 aliphatic heterocycles. The zero-order chi connectivity index (χ0) is 14.1. The molecule has 0 radical (unpaired) electrons. The van der Waals surface area contributed by atoms with Crippen LogP contribution in [0.25, 0.3) is 22.4 Å². The molecule has 0 spiro atoms. The summed E-state index contributed by atoms with van der Waals surface area (Å²) in [6.45, 7) is 0. The summed E-state index contributed by atoms with van der Waals surface area (Å²) in [4.78, 5) is 32.9. The number of aromatic nitrogens is 3. The first kappa shape index (κ1) is 12.2. The molecule has 2 aromatic heterocycles. The van der Waals surface area contributed by atoms with E-state index in [9.17, 15) is 9.59 Å². The summed E-state index contributed by atoms with van der Waals surface area (Å²) in [5.41, 5.74) is 2.23. The van der Waals surface area contributed by atoms with Crippen molar-refractivity contribution in [3.63, 3.8) is 0 Å². The zero-order valence-corrected chi connectivity index (χ0v) is 10.6. The van der Waals surface area contributed by atoms with E-state index in [0.29, 0.717) is 16.9 Å². The number of ether oxygens (including phenoxy) is 1. The number of hydrogen-bond acceptors (Lipinski definition) is 4. The highest BCUT2D eigenvalue weighted by atomic mass is 16.5. The molecule has 0 fully saturated rings. The van der Waals surface area contributed by atoms with E-state index in [2.05, 4.69) is 15.0 Å². The lowest BCUT2D eigenvalue weighted by atomic mass is 10.2. The number of benzene rings is 1. The van der Waals surface area contributed by atoms with Gasteiger partial charge in [0.15, 0.2) is 0 Å². The van der Waals surface area contributed by atoms with Gasteiger partial charge >= 0.3 is 5.97 Å². The van der Waals surface area contributed by atoms with E-state index < -0.39 is 5.97 Å². The largest absolute Gasteiger partial charge is 0.465 e. The molecule has 0 aliphatic rings. The molecular weight excluding hydrogens is 258 g/mol. The molecule has 2 heterocycles. The molecule has 0 unspecified atom stereocenters. The number of rotatable bonds is 2. The SMILES string of the molecule is COC(=O)c1cccc2[nH]c(-c3ccc(=O)[nH]c3)nc12. The molecule has 0 bridgehead atoms. The van der Waals surface area contributed by atoms with Gasteiger partial charge in [-0.3, -0.25) is 4.79 Å². The Kier molecular flexibility index (Phi) is 2.83. The fourth-order valence-electron chi connectivity index (χ4n) is 2.00. The highest BCUT2D eigenvalue weighted by Gasteiger charge is 2.14. The third-order valence-electron chi connectivity index (χ3n) is 2.98. The van der Waals surface area contributed by atoms with E-state index in [1.807, 2.05) is 6.07 Å². The number of hydrogen-bond donors (Lipinski definition) is 2. The van der Waals surface area contributed by atoms with Crippen LogP contribution in [0.2, 0.25) is 0 Å². The van der Waals surface area contributed by atoms with Gasteiger partial charge in [0.2, 0.25) is 5.56 Å². The molecule has 6 heteroatoms. The van der Waals surface area contributed by atoms with Crippen LogP contribution in [-0.4, -0.2) is 28.0 Å². The van der Waals surface area contributed by atoms with Crippen LogP contribution in [-0.2, 0) is 4.74 Å². The summed E-state index contributed by atoms with van der Waals surface area (Å²) in [6, 6.07) is 8.32. The van der Waals surface area contributed by atoms with Gasteiger partial charge in [-0.25, -0.2) is 9.78 Å². The second kappa shape index (κ2) is 4.65. The Labute approximate surface area is 113 Å². The van der Waals surface area contributed by atoms with Crippen molar-refractivity contribution in [3.8, 4) is 11.4 Å². The third kappa shape index (κ3) is 1.97. The minimum absolute atomic E-state index is 0.180. The van der Waals surface area contributed by atoms with Crippen LogP contribution in [0.1, 0.15) is 10.4 Å². The van der Waals surface area contributed by atoms with Gasteiger partial charge in [0.25, 0.3) is 0 Å². The highest BCUT2D eigenvalue weighted by Crippen LogP contribution is 2.22. The second-order valence-electron chi connectivity index (χ2n) is 4.22. The highest BCUT2D eigenvalue weighted by molar-refractivity contribution is 6.02. The van der Waals surface area contributed by atoms with Gasteiger partial charge in [0.05, 0.1) is 18.2 Å². The number of aromatic amines is 2. The molecule has 1 aromatic carbocycles. The van der Waals surface area contributed by atoms with Gasteiger partial charge < -0.3 is 14.7 Å². The Morgan fingerprint density at radius 2 is 2.10 bits per heavy atom. The molecule has 2 N–H and O–H groups in total. The van der Waals surface area contributed by atoms with E-state index in [1.165, 1.54) is 13.2 Å². The first-order chi connectivity index (χ1) is 9.69. The van der Waals surface area contributed by atoms with Gasteiger partial charge in [-0.05, 0) is 18.2 Å². The summed E-state index contributed by atoms with van der Waals surface area (Å²) in [5.74, 6) is 0.141. The van der Waals surface area contributed by atoms with Crippen molar-refractivity contribution in [2.75, 3.05) is 7.11 Å². The van der Waals surface area contributed by atoms with Gasteiger partial charge in [-0.1, -0.05) is 6.07 Å². The van der Waals surface area contributed by atoms with E-state index in [-0.39, 0.29) is 5.56 Å². The topological polar surface area (TPSA) is 87.8 Å². The molecule has 100 valence electrons. The Bertz CT molecular complexity index is 828. The molecule has 0 atom stereocenters. The lowest BCUT2D eigenvalue weighted by Gasteiger charge is -1.98. The van der Waals surface area contributed by atoms with Crippen molar-refractivity contribution in [1.29, 1.82) is 0 Å². The van der Waals surface area contributed by atoms with Crippen molar-refractivity contribution >= 4 is 17.0 Å². The average Bonchev–Trinajstić information content (AvgIpc) is 2.91. The molecule has 0 aliphatic carbocycles. The molecule has 0 saturated heterocycles. The van der Waals surface area contributed by atoms with Crippen LogP contribution < -0.4 is 5.56 Å². The number of methoxy groups -OCH3 is 1. The number of para-hydroxylation sites is 1. The first-order valence-electron chi connectivity index (χ1n) is 5.95. The number of carbonyl (C=O) groups is 1. The average molecular weight is 269 g/mol. The van der Waals surface area contributed by atoms with E-state index in [0.717, 1.165) is 11.1 Å². The lowest BCUT2D eigenvalue weighted by Crippen LogP contribution is -2.02. The fraction of sp³-hybridized carbons (Fsp3) is 0.0714. The number of carbonyl (C=O) groups excluding carboxylic acids is 1. The molecule has 3 aromatic rings. The summed E-state index contributed by atoms with van der Waals surface area (Å²) < 4.78 is 4.73. The van der Waals surface area contributed by atoms with Gasteiger partial charge in [-0.2, -0.15) is 0 Å². The van der Waals surface area contributed by atoms with Crippen molar-refractivity contribution in [2.24, 2.45) is 0 Å². The fourth-order valence-corrected chi connectivity index (χ4v) is 2.00. The maximum absolute atomic E-state index is 11.7. The predicted octanol–water partition coefficient (Wildman–Crippen LogP) is 1.70. The number of esters is 1. The van der Waals surface area contributed by atoms with Gasteiger partial charge in [0, 0.05) is 17.8 Å². The maximum atomic E-state index is 11.7. The van der Waals surface area contributed by atoms with Crippen LogP contribution in [0.3, 0.4) is 0 Å². The standard InChI is InChI=1S/C14H11N3O3/c1-20-14(19)9-3-2-4-10-12(9)17-13(16-10)8-5-6-11(18)15-7-8/h2-7H,1H3,(H,15,18)(H,16,17). The summed E-state index contributed by atoms with van der Waals surface area (Å²) in [7, 11) is 1.33. The van der Waals surface area contributed by atoms with Crippen molar-refractivity contribution < 1.29 is 9.53 Å². The number of H-pyrrole nitrogens is 2. The smallest absolute Gasteiger partial charge is 0.340 e. The van der Waals surface area contributed by atoms with Crippen LogP contribution in [0.15, 0.2) is 41.3 Å². The third-order valence-corrected chi connectivity index (χ3v) is 2.98. The number of imidazole rings is 1. The summed E-state index contributed by atoms with van der Waals surface area (Å²) in [5, 5.41) is 0. The minimum atomic E-state index is -0.435. The summed E-state index contributed by atoms with van der Waals surface area (Å²) in [6.07, 6.45) is 1.57. The van der Waals surface area contributed by atoms with E-state index in [4.69, 9.17) is 4.74 Å².